The molecule has 18 heavy (non-hydrogen) atoms. The smallest absolute Gasteiger partial charge is 0.340 e. The number of hydrogen-bond acceptors (Lipinski definition) is 4. The molecule has 0 rings (SSSR count). The average Bonchev–Trinajstić information content (AvgIpc) is 2.39. The molecule has 5 heteroatoms. The summed E-state index contributed by atoms with van der Waals surface area (Å²) in [6, 6.07) is 1.91. The zero-order chi connectivity index (χ0) is 13.9. The van der Waals surface area contributed by atoms with Gasteiger partial charge in [0.15, 0.2) is 0 Å². The minimum absolute atomic E-state index is 0.708. The molecule has 0 fully saturated rings. The van der Waals surface area contributed by atoms with Gasteiger partial charge in [0.2, 0.25) is 0 Å². The third kappa shape index (κ3) is 6.85. The lowest BCUT2D eigenvalue weighted by molar-refractivity contribution is 0.0368. The topological polar surface area (TPSA) is 30.9 Å². The molecule has 0 bridgehead atoms. The standard InChI is InChI=1S/C13H31NO3Si/c1-6-14(7-2)13-15-11-12-18(10-5,16-8-3)17-9-4/h6-13H2,1-5H3. The summed E-state index contributed by atoms with van der Waals surface area (Å²) in [4.78, 5) is 2.26. The average molecular weight is 277 g/mol. The molecule has 110 valence electrons. The zero-order valence-electron chi connectivity index (χ0n) is 12.8. The maximum atomic E-state index is 5.90. The van der Waals surface area contributed by atoms with E-state index in [9.17, 15) is 0 Å². The molecule has 0 saturated carbocycles. The predicted molar refractivity (Wildman–Crippen MR) is 78.0 cm³/mol. The van der Waals surface area contributed by atoms with E-state index in [2.05, 4.69) is 25.7 Å². The Morgan fingerprint density at radius 2 is 1.44 bits per heavy atom. The summed E-state index contributed by atoms with van der Waals surface area (Å²) < 4.78 is 17.5. The number of hydrogen-bond donors (Lipinski definition) is 0. The lowest BCUT2D eigenvalue weighted by atomic mass is 10.6. The molecule has 0 aromatic carbocycles. The molecular formula is C13H31NO3Si. The lowest BCUT2D eigenvalue weighted by Crippen LogP contribution is -2.43. The maximum Gasteiger partial charge on any atom is 0.340 e. The fraction of sp³-hybridized carbons (Fsp3) is 1.00. The van der Waals surface area contributed by atoms with E-state index < -0.39 is 8.56 Å². The second-order valence-corrected chi connectivity index (χ2v) is 7.83. The van der Waals surface area contributed by atoms with Gasteiger partial charge in [-0.2, -0.15) is 0 Å². The van der Waals surface area contributed by atoms with E-state index in [-0.39, 0.29) is 0 Å². The molecule has 0 aliphatic rings. The van der Waals surface area contributed by atoms with Gasteiger partial charge in [-0.25, -0.2) is 0 Å². The zero-order valence-corrected chi connectivity index (χ0v) is 13.8. The minimum Gasteiger partial charge on any atom is -0.394 e. The first-order valence-corrected chi connectivity index (χ1v) is 9.48. The van der Waals surface area contributed by atoms with Crippen LogP contribution in [0.4, 0.5) is 0 Å². The highest BCUT2D eigenvalue weighted by Gasteiger charge is 2.34. The highest BCUT2D eigenvalue weighted by atomic mass is 28.4. The molecule has 0 saturated heterocycles. The number of rotatable bonds is 12. The monoisotopic (exact) mass is 277 g/mol. The van der Waals surface area contributed by atoms with Crippen LogP contribution in [0.5, 0.6) is 0 Å². The molecule has 0 spiro atoms. The van der Waals surface area contributed by atoms with Crippen LogP contribution in [0.15, 0.2) is 0 Å². The summed E-state index contributed by atoms with van der Waals surface area (Å²) in [7, 11) is -2.01. The van der Waals surface area contributed by atoms with Crippen molar-refractivity contribution in [3.63, 3.8) is 0 Å². The Kier molecular flexibility index (Phi) is 11.0. The Bertz CT molecular complexity index is 183. The van der Waals surface area contributed by atoms with Gasteiger partial charge < -0.3 is 13.6 Å². The summed E-state index contributed by atoms with van der Waals surface area (Å²) in [5.74, 6) is 0. The van der Waals surface area contributed by atoms with Crippen LogP contribution in [0.3, 0.4) is 0 Å². The summed E-state index contributed by atoms with van der Waals surface area (Å²) >= 11 is 0. The van der Waals surface area contributed by atoms with Crippen molar-refractivity contribution < 1.29 is 13.6 Å². The van der Waals surface area contributed by atoms with Crippen LogP contribution in [-0.4, -0.2) is 53.1 Å². The highest BCUT2D eigenvalue weighted by molar-refractivity contribution is 6.67. The Labute approximate surface area is 114 Å². The van der Waals surface area contributed by atoms with Gasteiger partial charge in [0.1, 0.15) is 0 Å². The maximum absolute atomic E-state index is 5.90. The van der Waals surface area contributed by atoms with Gasteiger partial charge in [0, 0.05) is 19.3 Å². The van der Waals surface area contributed by atoms with Crippen LogP contribution < -0.4 is 0 Å². The molecule has 4 nitrogen and oxygen atoms in total. The molecule has 0 atom stereocenters. The van der Waals surface area contributed by atoms with Gasteiger partial charge in [0.05, 0.1) is 13.3 Å². The normalized spacial score (nSPS) is 12.3. The van der Waals surface area contributed by atoms with Gasteiger partial charge in [-0.15, -0.1) is 0 Å². The van der Waals surface area contributed by atoms with Crippen LogP contribution in [-0.2, 0) is 13.6 Å². The third-order valence-electron chi connectivity index (χ3n) is 3.15. The van der Waals surface area contributed by atoms with E-state index in [0.717, 1.165) is 45.0 Å². The summed E-state index contributed by atoms with van der Waals surface area (Å²) in [6.45, 7) is 15.5. The van der Waals surface area contributed by atoms with Crippen molar-refractivity contribution in [1.82, 2.24) is 4.90 Å². The fourth-order valence-corrected chi connectivity index (χ4v) is 4.56. The Hall–Kier alpha value is 0.0569. The first kappa shape index (κ1) is 18.1. The largest absolute Gasteiger partial charge is 0.394 e. The fourth-order valence-electron chi connectivity index (χ4n) is 1.92. The molecule has 0 radical (unpaired) electrons. The molecule has 0 aliphatic carbocycles. The molecule has 0 aliphatic heterocycles. The molecule has 0 heterocycles. The second-order valence-electron chi connectivity index (χ2n) is 4.22. The molecule has 0 amide bonds. The lowest BCUT2D eigenvalue weighted by Gasteiger charge is -2.29. The highest BCUT2D eigenvalue weighted by Crippen LogP contribution is 2.19. The molecule has 0 aromatic rings. The van der Waals surface area contributed by atoms with Gasteiger partial charge in [-0.1, -0.05) is 20.8 Å². The number of nitrogens with zero attached hydrogens (tertiary/aromatic N) is 1. The van der Waals surface area contributed by atoms with E-state index in [1.54, 1.807) is 0 Å². The van der Waals surface area contributed by atoms with Crippen LogP contribution in [0, 0.1) is 0 Å². The quantitative estimate of drug-likeness (QED) is 0.312. The van der Waals surface area contributed by atoms with Crippen molar-refractivity contribution >= 4 is 8.56 Å². The molecular weight excluding hydrogens is 246 g/mol. The van der Waals surface area contributed by atoms with Crippen LogP contribution >= 0.6 is 0 Å². The first-order chi connectivity index (χ1) is 8.67. The van der Waals surface area contributed by atoms with Crippen molar-refractivity contribution in [3.05, 3.63) is 0 Å². The van der Waals surface area contributed by atoms with Crippen molar-refractivity contribution in [1.29, 1.82) is 0 Å². The summed E-state index contributed by atoms with van der Waals surface area (Å²) in [5.41, 5.74) is 0. The van der Waals surface area contributed by atoms with Crippen LogP contribution in [0.2, 0.25) is 12.1 Å². The Morgan fingerprint density at radius 1 is 0.889 bits per heavy atom. The van der Waals surface area contributed by atoms with E-state index in [1.165, 1.54) is 0 Å². The van der Waals surface area contributed by atoms with Gasteiger partial charge in [-0.05, 0) is 33.0 Å². The minimum atomic E-state index is -2.01. The van der Waals surface area contributed by atoms with Crippen molar-refractivity contribution in [2.24, 2.45) is 0 Å². The van der Waals surface area contributed by atoms with Gasteiger partial charge in [0.25, 0.3) is 0 Å². The molecule has 0 unspecified atom stereocenters. The Balaban J connectivity index is 4.02. The summed E-state index contributed by atoms with van der Waals surface area (Å²) in [5, 5.41) is 0. The summed E-state index contributed by atoms with van der Waals surface area (Å²) in [6.07, 6.45) is 0. The van der Waals surface area contributed by atoms with E-state index >= 15 is 0 Å². The van der Waals surface area contributed by atoms with Crippen molar-refractivity contribution in [2.75, 3.05) is 39.6 Å². The van der Waals surface area contributed by atoms with Crippen molar-refractivity contribution in [2.45, 2.75) is 46.7 Å². The SMILES string of the molecule is CCO[Si](CC)(CCOCN(CC)CC)OCC. The Morgan fingerprint density at radius 3 is 1.83 bits per heavy atom. The van der Waals surface area contributed by atoms with E-state index in [1.807, 2.05) is 13.8 Å². The van der Waals surface area contributed by atoms with Gasteiger partial charge >= 0.3 is 8.56 Å². The second kappa shape index (κ2) is 10.9. The first-order valence-electron chi connectivity index (χ1n) is 7.25. The predicted octanol–water partition coefficient (Wildman–Crippen LogP) is 2.84. The van der Waals surface area contributed by atoms with Crippen LogP contribution in [0.1, 0.15) is 34.6 Å². The van der Waals surface area contributed by atoms with E-state index in [4.69, 9.17) is 13.6 Å². The van der Waals surface area contributed by atoms with E-state index in [0.29, 0.717) is 6.73 Å². The van der Waals surface area contributed by atoms with Crippen molar-refractivity contribution in [3.8, 4) is 0 Å². The molecule has 0 N–H and O–H groups in total. The third-order valence-corrected chi connectivity index (χ3v) is 6.82. The van der Waals surface area contributed by atoms with Gasteiger partial charge in [-0.3, -0.25) is 4.90 Å². The number of ether oxygens (including phenoxy) is 1. The van der Waals surface area contributed by atoms with Crippen LogP contribution in [0.25, 0.3) is 0 Å². The molecule has 0 aromatic heterocycles.